The van der Waals surface area contributed by atoms with E-state index >= 15 is 0 Å². The van der Waals surface area contributed by atoms with Gasteiger partial charge in [-0.05, 0) is 18.2 Å². The van der Waals surface area contributed by atoms with Gasteiger partial charge in [0.05, 0.1) is 35.4 Å². The van der Waals surface area contributed by atoms with Crippen LogP contribution in [0.5, 0.6) is 0 Å². The molecule has 0 atom stereocenters. The highest BCUT2D eigenvalue weighted by atomic mass is 19.4. The lowest BCUT2D eigenvalue weighted by Gasteiger charge is -2.12. The molecule has 0 spiro atoms. The average molecular weight is 445 g/mol. The zero-order valence-electron chi connectivity index (χ0n) is 16.6. The van der Waals surface area contributed by atoms with Gasteiger partial charge in [-0.25, -0.2) is 34.3 Å². The average Bonchev–Trinajstić information content (AvgIpc) is 2.78. The fraction of sp³-hybridized carbons (Fsp3) is 0.200. The van der Waals surface area contributed by atoms with E-state index in [0.29, 0.717) is 22.6 Å². The maximum absolute atomic E-state index is 13.3. The number of hydrogen-bond donors (Lipinski definition) is 1. The first-order chi connectivity index (χ1) is 15.4. The lowest BCUT2D eigenvalue weighted by atomic mass is 10.2. The SMILES string of the molecule is COCc1cc(Nc2ccc(C(F)(F)F)cn2)c2ncc(-c3ncncc3CF)nc2n1. The molecule has 0 amide bonds. The molecule has 0 aliphatic heterocycles. The fourth-order valence-corrected chi connectivity index (χ4v) is 2.94. The van der Waals surface area contributed by atoms with Gasteiger partial charge in [0, 0.05) is 25.1 Å². The molecule has 0 aliphatic rings. The summed E-state index contributed by atoms with van der Waals surface area (Å²) in [6.45, 7) is -0.625. The second kappa shape index (κ2) is 8.75. The van der Waals surface area contributed by atoms with E-state index < -0.39 is 18.4 Å². The molecule has 4 heterocycles. The first-order valence-corrected chi connectivity index (χ1v) is 9.20. The smallest absolute Gasteiger partial charge is 0.378 e. The molecule has 4 aromatic rings. The van der Waals surface area contributed by atoms with Gasteiger partial charge in [-0.1, -0.05) is 0 Å². The highest BCUT2D eigenvalue weighted by Crippen LogP contribution is 2.30. The van der Waals surface area contributed by atoms with Crippen LogP contribution in [0, 0.1) is 0 Å². The summed E-state index contributed by atoms with van der Waals surface area (Å²) in [6, 6.07) is 3.77. The van der Waals surface area contributed by atoms with Gasteiger partial charge in [0.25, 0.3) is 0 Å². The molecule has 0 saturated heterocycles. The second-order valence-electron chi connectivity index (χ2n) is 6.61. The highest BCUT2D eigenvalue weighted by molar-refractivity contribution is 5.88. The van der Waals surface area contributed by atoms with E-state index in [0.717, 1.165) is 12.3 Å². The Hall–Kier alpha value is -3.80. The van der Waals surface area contributed by atoms with Crippen LogP contribution in [0.15, 0.2) is 43.1 Å². The minimum atomic E-state index is -4.48. The number of nitrogens with zero attached hydrogens (tertiary/aromatic N) is 6. The third-order valence-electron chi connectivity index (χ3n) is 4.39. The molecule has 0 aliphatic carbocycles. The molecule has 1 N–H and O–H groups in total. The van der Waals surface area contributed by atoms with Gasteiger partial charge >= 0.3 is 6.18 Å². The molecule has 164 valence electrons. The predicted molar refractivity (Wildman–Crippen MR) is 106 cm³/mol. The number of rotatable bonds is 6. The van der Waals surface area contributed by atoms with Gasteiger partial charge in [-0.2, -0.15) is 13.2 Å². The maximum atomic E-state index is 13.3. The molecular weight excluding hydrogens is 430 g/mol. The molecule has 4 rings (SSSR count). The van der Waals surface area contributed by atoms with Crippen molar-refractivity contribution >= 4 is 22.7 Å². The third-order valence-corrected chi connectivity index (χ3v) is 4.39. The van der Waals surface area contributed by atoms with Crippen LogP contribution in [0.25, 0.3) is 22.6 Å². The number of halogens is 4. The summed E-state index contributed by atoms with van der Waals surface area (Å²) in [6.07, 6.45) is 0.290. The molecule has 0 unspecified atom stereocenters. The van der Waals surface area contributed by atoms with Crippen molar-refractivity contribution in [1.29, 1.82) is 0 Å². The van der Waals surface area contributed by atoms with Gasteiger partial charge in [0.15, 0.2) is 5.65 Å². The summed E-state index contributed by atoms with van der Waals surface area (Å²) in [5.41, 5.74) is 1.45. The van der Waals surface area contributed by atoms with Gasteiger partial charge in [-0.3, -0.25) is 0 Å². The van der Waals surface area contributed by atoms with Crippen LogP contribution >= 0.6 is 0 Å². The van der Waals surface area contributed by atoms with Gasteiger partial charge in [0.1, 0.15) is 30.0 Å². The first-order valence-electron chi connectivity index (χ1n) is 9.20. The van der Waals surface area contributed by atoms with Crippen LogP contribution in [0.2, 0.25) is 0 Å². The Morgan fingerprint density at radius 2 is 1.88 bits per heavy atom. The number of methoxy groups -OCH3 is 1. The van der Waals surface area contributed by atoms with Gasteiger partial charge in [0.2, 0.25) is 0 Å². The Labute approximate surface area is 178 Å². The first kappa shape index (κ1) is 21.4. The third kappa shape index (κ3) is 4.44. The summed E-state index contributed by atoms with van der Waals surface area (Å²) in [4.78, 5) is 24.9. The number of fused-ring (bicyclic) bond motifs is 1. The summed E-state index contributed by atoms with van der Waals surface area (Å²) in [5.74, 6) is 0.176. The molecule has 12 heteroatoms. The Balaban J connectivity index is 1.76. The normalized spacial score (nSPS) is 11.7. The van der Waals surface area contributed by atoms with Crippen LogP contribution < -0.4 is 5.32 Å². The molecule has 8 nitrogen and oxygen atoms in total. The summed E-state index contributed by atoms with van der Waals surface area (Å²) < 4.78 is 56.8. The Morgan fingerprint density at radius 3 is 2.56 bits per heavy atom. The monoisotopic (exact) mass is 445 g/mol. The zero-order chi connectivity index (χ0) is 22.7. The highest BCUT2D eigenvalue weighted by Gasteiger charge is 2.30. The summed E-state index contributed by atoms with van der Waals surface area (Å²) >= 11 is 0. The Kier molecular flexibility index (Phi) is 5.86. The number of anilines is 2. The van der Waals surface area contributed by atoms with Gasteiger partial charge in [-0.15, -0.1) is 0 Å². The number of hydrogen-bond acceptors (Lipinski definition) is 8. The molecular formula is C20H15F4N7O. The van der Waals surface area contributed by atoms with Crippen molar-refractivity contribution in [1.82, 2.24) is 29.9 Å². The van der Waals surface area contributed by atoms with Crippen molar-refractivity contribution in [3.05, 3.63) is 59.9 Å². The molecule has 0 saturated carbocycles. The van der Waals surface area contributed by atoms with Crippen LogP contribution in [0.3, 0.4) is 0 Å². The quantitative estimate of drug-likeness (QED) is 0.440. The number of alkyl halides is 4. The largest absolute Gasteiger partial charge is 0.417 e. The van der Waals surface area contributed by atoms with Crippen LogP contribution in [-0.2, 0) is 24.2 Å². The topological polar surface area (TPSA) is 98.6 Å². The Morgan fingerprint density at radius 1 is 1.03 bits per heavy atom. The Bertz CT molecular complexity index is 1250. The van der Waals surface area contributed by atoms with Crippen LogP contribution in [0.1, 0.15) is 16.8 Å². The second-order valence-corrected chi connectivity index (χ2v) is 6.61. The van der Waals surface area contributed by atoms with E-state index in [9.17, 15) is 17.6 Å². The lowest BCUT2D eigenvalue weighted by molar-refractivity contribution is -0.137. The summed E-state index contributed by atoms with van der Waals surface area (Å²) in [5, 5.41) is 2.94. The molecule has 0 bridgehead atoms. The summed E-state index contributed by atoms with van der Waals surface area (Å²) in [7, 11) is 1.49. The van der Waals surface area contributed by atoms with E-state index in [2.05, 4.69) is 35.2 Å². The molecule has 4 aromatic heterocycles. The molecule has 0 fully saturated rings. The number of pyridine rings is 2. The number of nitrogens with one attached hydrogen (secondary N) is 1. The van der Waals surface area contributed by atoms with Crippen molar-refractivity contribution in [2.45, 2.75) is 19.5 Å². The van der Waals surface area contributed by atoms with Crippen molar-refractivity contribution in [3.63, 3.8) is 0 Å². The molecule has 0 aromatic carbocycles. The number of aromatic nitrogens is 6. The van der Waals surface area contributed by atoms with E-state index in [1.54, 1.807) is 6.07 Å². The zero-order valence-corrected chi connectivity index (χ0v) is 16.6. The van der Waals surface area contributed by atoms with Crippen molar-refractivity contribution < 1.29 is 22.3 Å². The lowest BCUT2D eigenvalue weighted by Crippen LogP contribution is -2.06. The maximum Gasteiger partial charge on any atom is 0.417 e. The van der Waals surface area contributed by atoms with E-state index in [4.69, 9.17) is 4.74 Å². The van der Waals surface area contributed by atoms with Gasteiger partial charge < -0.3 is 10.1 Å². The van der Waals surface area contributed by atoms with Crippen LogP contribution in [0.4, 0.5) is 29.1 Å². The minimum Gasteiger partial charge on any atom is -0.378 e. The standard InChI is InChI=1S/C20H15F4N7O/c1-32-9-13-4-14(30-16-3-2-12(7-26-16)20(22,23)24)18-19(29-13)31-15(8-27-18)17-11(5-21)6-25-10-28-17/h2-4,6-8,10H,5,9H2,1H3,(H,26,29,30,31). The molecule has 0 radical (unpaired) electrons. The minimum absolute atomic E-state index is 0.153. The fourth-order valence-electron chi connectivity index (χ4n) is 2.94. The van der Waals surface area contributed by atoms with Crippen molar-refractivity contribution in [2.24, 2.45) is 0 Å². The molecule has 32 heavy (non-hydrogen) atoms. The van der Waals surface area contributed by atoms with E-state index in [1.165, 1.54) is 31.9 Å². The predicted octanol–water partition coefficient (Wildman–Crippen LogP) is 4.26. The van der Waals surface area contributed by atoms with Crippen LogP contribution in [-0.4, -0.2) is 37.0 Å². The number of ether oxygens (including phenoxy) is 1. The van der Waals surface area contributed by atoms with Crippen molar-refractivity contribution in [3.8, 4) is 11.4 Å². The van der Waals surface area contributed by atoms with E-state index in [1.807, 2.05) is 0 Å². The van der Waals surface area contributed by atoms with Crippen molar-refractivity contribution in [2.75, 3.05) is 12.4 Å². The van der Waals surface area contributed by atoms with E-state index in [-0.39, 0.29) is 29.3 Å².